The number of hydrogen-bond acceptors (Lipinski definition) is 4. The molecule has 0 amide bonds. The van der Waals surface area contributed by atoms with E-state index in [1.807, 2.05) is 18.2 Å². The van der Waals surface area contributed by atoms with Crippen LogP contribution >= 0.6 is 0 Å². The van der Waals surface area contributed by atoms with E-state index in [0.29, 0.717) is 17.1 Å². The molecule has 0 aliphatic carbocycles. The average molecular weight is 266 g/mol. The van der Waals surface area contributed by atoms with Crippen molar-refractivity contribution in [3.8, 4) is 6.07 Å². The standard InChI is InChI=1S/C16H18N4/c1-2-3-4-12-5-7-14(8-6-12)20-16-15(18)13(11-17)9-10-19-16/h5-10H,2-4,18H2,1H3,(H,19,20). The number of unbranched alkanes of at least 4 members (excludes halogenated alkanes) is 1. The van der Waals surface area contributed by atoms with Crippen LogP contribution in [0.1, 0.15) is 30.9 Å². The molecule has 1 aromatic carbocycles. The molecule has 0 atom stereocenters. The number of aromatic nitrogens is 1. The quantitative estimate of drug-likeness (QED) is 0.866. The van der Waals surface area contributed by atoms with Gasteiger partial charge in [0, 0.05) is 11.9 Å². The summed E-state index contributed by atoms with van der Waals surface area (Å²) >= 11 is 0. The predicted molar refractivity (Wildman–Crippen MR) is 81.7 cm³/mol. The van der Waals surface area contributed by atoms with Gasteiger partial charge < -0.3 is 11.1 Å². The largest absolute Gasteiger partial charge is 0.395 e. The minimum absolute atomic E-state index is 0.380. The molecule has 3 N–H and O–H groups in total. The van der Waals surface area contributed by atoms with Crippen LogP contribution in [0.5, 0.6) is 0 Å². The summed E-state index contributed by atoms with van der Waals surface area (Å²) in [5.74, 6) is 0.519. The molecule has 0 radical (unpaired) electrons. The predicted octanol–water partition coefficient (Wildman–Crippen LogP) is 3.62. The maximum atomic E-state index is 8.94. The molecule has 4 heteroatoms. The zero-order valence-electron chi connectivity index (χ0n) is 11.6. The zero-order valence-corrected chi connectivity index (χ0v) is 11.6. The second-order valence-corrected chi connectivity index (χ2v) is 4.66. The molecule has 0 aliphatic rings. The van der Waals surface area contributed by atoms with E-state index < -0.39 is 0 Å². The SMILES string of the molecule is CCCCc1ccc(Nc2nccc(C#N)c2N)cc1. The number of nitrogen functional groups attached to an aromatic ring is 1. The lowest BCUT2D eigenvalue weighted by Gasteiger charge is -2.09. The van der Waals surface area contributed by atoms with Gasteiger partial charge in [0.25, 0.3) is 0 Å². The first-order chi connectivity index (χ1) is 9.74. The molecular weight excluding hydrogens is 248 g/mol. The molecule has 1 heterocycles. The molecule has 2 aromatic rings. The smallest absolute Gasteiger partial charge is 0.154 e. The second-order valence-electron chi connectivity index (χ2n) is 4.66. The van der Waals surface area contributed by atoms with Crippen molar-refractivity contribution in [1.82, 2.24) is 4.98 Å². The van der Waals surface area contributed by atoms with Crippen LogP contribution in [0.4, 0.5) is 17.2 Å². The maximum Gasteiger partial charge on any atom is 0.154 e. The van der Waals surface area contributed by atoms with Gasteiger partial charge in [0.1, 0.15) is 6.07 Å². The number of benzene rings is 1. The van der Waals surface area contributed by atoms with Gasteiger partial charge >= 0.3 is 0 Å². The minimum atomic E-state index is 0.380. The number of nitriles is 1. The number of aryl methyl sites for hydroxylation is 1. The second kappa shape index (κ2) is 6.58. The van der Waals surface area contributed by atoms with Gasteiger partial charge in [-0.15, -0.1) is 0 Å². The summed E-state index contributed by atoms with van der Waals surface area (Å²) in [4.78, 5) is 4.17. The lowest BCUT2D eigenvalue weighted by Crippen LogP contribution is -2.01. The van der Waals surface area contributed by atoms with Crippen molar-refractivity contribution >= 4 is 17.2 Å². The first kappa shape index (κ1) is 13.9. The third kappa shape index (κ3) is 3.27. The van der Waals surface area contributed by atoms with Crippen LogP contribution in [0.15, 0.2) is 36.5 Å². The molecule has 20 heavy (non-hydrogen) atoms. The van der Waals surface area contributed by atoms with E-state index in [1.54, 1.807) is 12.3 Å². The highest BCUT2D eigenvalue weighted by Crippen LogP contribution is 2.23. The highest BCUT2D eigenvalue weighted by Gasteiger charge is 2.06. The first-order valence-corrected chi connectivity index (χ1v) is 6.75. The van der Waals surface area contributed by atoms with Crippen molar-refractivity contribution in [1.29, 1.82) is 5.26 Å². The van der Waals surface area contributed by atoms with Gasteiger partial charge in [-0.25, -0.2) is 4.98 Å². The van der Waals surface area contributed by atoms with Crippen molar-refractivity contribution in [2.45, 2.75) is 26.2 Å². The van der Waals surface area contributed by atoms with Crippen LogP contribution in [-0.4, -0.2) is 4.98 Å². The van der Waals surface area contributed by atoms with Crippen LogP contribution in [-0.2, 0) is 6.42 Å². The van der Waals surface area contributed by atoms with E-state index in [9.17, 15) is 0 Å². The Morgan fingerprint density at radius 3 is 2.65 bits per heavy atom. The van der Waals surface area contributed by atoms with Crippen LogP contribution < -0.4 is 11.1 Å². The zero-order chi connectivity index (χ0) is 14.4. The molecule has 0 unspecified atom stereocenters. The third-order valence-electron chi connectivity index (χ3n) is 3.15. The fourth-order valence-corrected chi connectivity index (χ4v) is 1.94. The summed E-state index contributed by atoms with van der Waals surface area (Å²) in [5, 5.41) is 12.1. The fourth-order valence-electron chi connectivity index (χ4n) is 1.94. The number of nitrogens with zero attached hydrogens (tertiary/aromatic N) is 2. The molecule has 4 nitrogen and oxygen atoms in total. The number of rotatable bonds is 5. The van der Waals surface area contributed by atoms with E-state index in [-0.39, 0.29) is 0 Å². The Morgan fingerprint density at radius 1 is 1.25 bits per heavy atom. The Bertz CT molecular complexity index is 611. The monoisotopic (exact) mass is 266 g/mol. The van der Waals surface area contributed by atoms with E-state index in [4.69, 9.17) is 11.0 Å². The van der Waals surface area contributed by atoms with E-state index in [2.05, 4.69) is 29.4 Å². The summed E-state index contributed by atoms with van der Waals surface area (Å²) in [6.07, 6.45) is 5.07. The molecule has 0 spiro atoms. The van der Waals surface area contributed by atoms with Gasteiger partial charge in [0.2, 0.25) is 0 Å². The number of pyridine rings is 1. The summed E-state index contributed by atoms with van der Waals surface area (Å²) in [6.45, 7) is 2.19. The summed E-state index contributed by atoms with van der Waals surface area (Å²) in [7, 11) is 0. The topological polar surface area (TPSA) is 74.7 Å². The van der Waals surface area contributed by atoms with Gasteiger partial charge in [0.15, 0.2) is 5.82 Å². The van der Waals surface area contributed by atoms with Crippen molar-refractivity contribution in [3.05, 3.63) is 47.7 Å². The molecular formula is C16H18N4. The first-order valence-electron chi connectivity index (χ1n) is 6.75. The Balaban J connectivity index is 2.13. The average Bonchev–Trinajstić information content (AvgIpc) is 2.48. The molecule has 1 aromatic heterocycles. The molecule has 0 bridgehead atoms. The number of nitrogens with one attached hydrogen (secondary N) is 1. The minimum Gasteiger partial charge on any atom is -0.395 e. The Hall–Kier alpha value is -2.54. The normalized spacial score (nSPS) is 10.0. The van der Waals surface area contributed by atoms with Gasteiger partial charge in [-0.3, -0.25) is 0 Å². The Kier molecular flexibility index (Phi) is 4.56. The molecule has 0 aliphatic heterocycles. The summed E-state index contributed by atoms with van der Waals surface area (Å²) < 4.78 is 0. The van der Waals surface area contributed by atoms with Gasteiger partial charge in [-0.05, 0) is 36.6 Å². The maximum absolute atomic E-state index is 8.94. The third-order valence-corrected chi connectivity index (χ3v) is 3.15. The van der Waals surface area contributed by atoms with Crippen molar-refractivity contribution < 1.29 is 0 Å². The van der Waals surface area contributed by atoms with Crippen molar-refractivity contribution in [3.63, 3.8) is 0 Å². The number of anilines is 3. The molecule has 102 valence electrons. The Morgan fingerprint density at radius 2 is 2.00 bits per heavy atom. The van der Waals surface area contributed by atoms with Crippen molar-refractivity contribution in [2.75, 3.05) is 11.1 Å². The van der Waals surface area contributed by atoms with Crippen LogP contribution in [0, 0.1) is 11.3 Å². The highest BCUT2D eigenvalue weighted by atomic mass is 15.0. The van der Waals surface area contributed by atoms with E-state index >= 15 is 0 Å². The van der Waals surface area contributed by atoms with Crippen LogP contribution in [0.3, 0.4) is 0 Å². The lowest BCUT2D eigenvalue weighted by molar-refractivity contribution is 0.795. The molecule has 2 rings (SSSR count). The van der Waals surface area contributed by atoms with Gasteiger partial charge in [-0.1, -0.05) is 25.5 Å². The fraction of sp³-hybridized carbons (Fsp3) is 0.250. The van der Waals surface area contributed by atoms with Crippen LogP contribution in [0.25, 0.3) is 0 Å². The summed E-state index contributed by atoms with van der Waals surface area (Å²) in [5.41, 5.74) is 8.94. The Labute approximate surface area is 119 Å². The number of hydrogen-bond donors (Lipinski definition) is 2. The molecule has 0 saturated carbocycles. The van der Waals surface area contributed by atoms with Gasteiger partial charge in [-0.2, -0.15) is 5.26 Å². The lowest BCUT2D eigenvalue weighted by atomic mass is 10.1. The van der Waals surface area contributed by atoms with E-state index in [1.165, 1.54) is 18.4 Å². The number of nitrogens with two attached hydrogens (primary N) is 1. The van der Waals surface area contributed by atoms with Gasteiger partial charge in [0.05, 0.1) is 11.3 Å². The summed E-state index contributed by atoms with van der Waals surface area (Å²) in [6, 6.07) is 11.9. The molecule has 0 fully saturated rings. The van der Waals surface area contributed by atoms with Crippen molar-refractivity contribution in [2.24, 2.45) is 0 Å². The van der Waals surface area contributed by atoms with E-state index in [0.717, 1.165) is 12.1 Å². The highest BCUT2D eigenvalue weighted by molar-refractivity contribution is 5.73. The molecule has 0 saturated heterocycles. The van der Waals surface area contributed by atoms with Crippen LogP contribution in [0.2, 0.25) is 0 Å².